The van der Waals surface area contributed by atoms with Gasteiger partial charge in [-0.2, -0.15) is 0 Å². The maximum absolute atomic E-state index is 8.57. The molecular weight excluding hydrogens is 725 g/mol. The molecule has 8 nitrogen and oxygen atoms in total. The van der Waals surface area contributed by atoms with Crippen LogP contribution in [0.1, 0.15) is 104 Å². The summed E-state index contributed by atoms with van der Waals surface area (Å²) in [5.74, 6) is 0. The van der Waals surface area contributed by atoms with E-state index in [1.54, 1.807) is 104 Å². The van der Waals surface area contributed by atoms with Crippen LogP contribution in [0, 0.1) is 0 Å². The second kappa shape index (κ2) is 24.7. The maximum atomic E-state index is 8.57. The van der Waals surface area contributed by atoms with Gasteiger partial charge in [0.2, 0.25) is 0 Å². The number of hydrogen-bond donors (Lipinski definition) is 5. The Labute approximate surface area is 216 Å². The van der Waals surface area contributed by atoms with Crippen LogP contribution in [0.5, 0.6) is 0 Å². The van der Waals surface area contributed by atoms with Gasteiger partial charge in [-0.1, -0.05) is 0 Å². The van der Waals surface area contributed by atoms with Crippen LogP contribution in [-0.2, 0) is 54.5 Å². The second-order valence-electron chi connectivity index (χ2n) is 10.9. The summed E-state index contributed by atoms with van der Waals surface area (Å²) in [7, 11) is 0. The Balaban J connectivity index is -0.0000000320. The predicted molar refractivity (Wildman–Crippen MR) is 115 cm³/mol. The first-order valence-electron chi connectivity index (χ1n) is 9.03. The molecule has 10 heteroatoms. The third kappa shape index (κ3) is 19000. The molecule has 0 spiro atoms. The predicted octanol–water partition coefficient (Wildman–Crippen LogP) is 2.82. The van der Waals surface area contributed by atoms with Crippen LogP contribution in [0.3, 0.4) is 0 Å². The Hall–Kier alpha value is 1.10. The molecule has 0 atom stereocenters. The van der Waals surface area contributed by atoms with Crippen LogP contribution >= 0.6 is 0 Å². The molecule has 30 heavy (non-hydrogen) atoms. The Kier molecular flexibility index (Phi) is 43.5. The van der Waals surface area contributed by atoms with Gasteiger partial charge in [0.05, 0.1) is 28.0 Å². The zero-order valence-electron chi connectivity index (χ0n) is 22.1. The van der Waals surface area contributed by atoms with Gasteiger partial charge in [0.15, 0.2) is 0 Å². The quantitative estimate of drug-likeness (QED) is 0.236. The van der Waals surface area contributed by atoms with Crippen LogP contribution in [0.15, 0.2) is 0 Å². The third-order valence-electron chi connectivity index (χ3n) is 0. The first kappa shape index (κ1) is 52.8. The molecule has 0 aliphatic carbocycles. The van der Waals surface area contributed by atoms with E-state index in [4.69, 9.17) is 31.2 Å². The van der Waals surface area contributed by atoms with Crippen molar-refractivity contribution in [1.82, 2.24) is 0 Å². The van der Waals surface area contributed by atoms with Crippen LogP contribution < -0.4 is 0 Å². The van der Waals surface area contributed by atoms with Crippen LogP contribution in [0.4, 0.5) is 0 Å². The fourth-order valence-electron chi connectivity index (χ4n) is 0. The minimum absolute atomic E-state index is 0. The van der Waals surface area contributed by atoms with E-state index in [2.05, 4.69) is 0 Å². The summed E-state index contributed by atoms with van der Waals surface area (Å²) in [6, 6.07) is 0. The molecule has 0 aliphatic heterocycles. The first-order valence-corrected chi connectivity index (χ1v) is 12.0. The number of aliphatic hydroxyl groups is 5. The van der Waals surface area contributed by atoms with Gasteiger partial charge in [-0.15, -0.1) is 0 Å². The van der Waals surface area contributed by atoms with E-state index in [0.29, 0.717) is 0 Å². The molecule has 0 saturated heterocycles. The molecule has 0 saturated carbocycles. The molecule has 0 aromatic carbocycles. The zero-order chi connectivity index (χ0) is 25.2. The van der Waals surface area contributed by atoms with Crippen LogP contribution in [-0.4, -0.2) is 59.0 Å². The van der Waals surface area contributed by atoms with Gasteiger partial charge in [-0.05, 0) is 104 Å². The molecular formula is C20H52Hf2O8. The van der Waals surface area contributed by atoms with E-state index in [-0.39, 0.29) is 31.3 Å². The van der Waals surface area contributed by atoms with Crippen molar-refractivity contribution in [3.63, 3.8) is 0 Å². The van der Waals surface area contributed by atoms with E-state index in [9.17, 15) is 0 Å². The fraction of sp³-hybridized carbons (Fsp3) is 1.00. The molecule has 0 aromatic heterocycles. The fourth-order valence-corrected chi connectivity index (χ4v) is 0. The summed E-state index contributed by atoms with van der Waals surface area (Å²) in [5, 5.41) is 42.6. The molecule has 7 N–H and O–H groups in total. The minimum atomic E-state index is -2.42. The molecule has 0 aromatic rings. The van der Waals surface area contributed by atoms with Gasteiger partial charge >= 0.3 is 28.6 Å². The second-order valence-corrected chi connectivity index (χ2v) is 11.5. The van der Waals surface area contributed by atoms with Crippen molar-refractivity contribution in [3.8, 4) is 0 Å². The van der Waals surface area contributed by atoms with E-state index in [0.717, 1.165) is 0 Å². The molecule has 0 unspecified atom stereocenters. The third-order valence-corrected chi connectivity index (χ3v) is 0. The average Bonchev–Trinajstić information content (AvgIpc) is 2.00. The molecule has 188 valence electrons. The van der Waals surface area contributed by atoms with Gasteiger partial charge in [-0.3, -0.25) is 0 Å². The molecule has 0 amide bonds. The SMILES string of the molecule is CC(C)(C)O.CC(C)(C)O.CC(C)(C)O.CC(C)(C)O.CC(C)(C)O.O.[Hf].[O]=[Hf]=[O]. The Bertz CT molecular complexity index is 250. The molecule has 0 bridgehead atoms. The number of hydrogen-bond acceptors (Lipinski definition) is 7. The van der Waals surface area contributed by atoms with Crippen LogP contribution in [0.2, 0.25) is 0 Å². The molecule has 0 aliphatic rings. The van der Waals surface area contributed by atoms with Gasteiger partial charge in [-0.25, -0.2) is 0 Å². The Morgan fingerprint density at radius 3 is 0.400 bits per heavy atom. The van der Waals surface area contributed by atoms with Gasteiger partial charge in [0.1, 0.15) is 0 Å². The van der Waals surface area contributed by atoms with E-state index in [1.807, 2.05) is 0 Å². The van der Waals surface area contributed by atoms with Crippen molar-refractivity contribution in [1.29, 1.82) is 0 Å². The monoisotopic (exact) mass is 780 g/mol. The van der Waals surface area contributed by atoms with E-state index >= 15 is 0 Å². The van der Waals surface area contributed by atoms with E-state index in [1.165, 1.54) is 0 Å². The van der Waals surface area contributed by atoms with Crippen molar-refractivity contribution < 1.29 is 85.5 Å². The summed E-state index contributed by atoms with van der Waals surface area (Å²) in [6.07, 6.45) is 0. The zero-order valence-corrected chi connectivity index (χ0v) is 29.2. The van der Waals surface area contributed by atoms with Crippen molar-refractivity contribution >= 4 is 0 Å². The Morgan fingerprint density at radius 1 is 0.400 bits per heavy atom. The van der Waals surface area contributed by atoms with Crippen molar-refractivity contribution in [2.45, 2.75) is 132 Å². The van der Waals surface area contributed by atoms with Gasteiger partial charge in [0, 0.05) is 25.8 Å². The molecule has 0 heterocycles. The molecule has 0 fully saturated rings. The average molecular weight is 778 g/mol. The van der Waals surface area contributed by atoms with Crippen molar-refractivity contribution in [2.24, 2.45) is 0 Å². The molecule has 0 rings (SSSR count). The summed E-state index contributed by atoms with van der Waals surface area (Å²) in [4.78, 5) is 0. The van der Waals surface area contributed by atoms with Crippen molar-refractivity contribution in [2.75, 3.05) is 0 Å². The summed E-state index contributed by atoms with van der Waals surface area (Å²) in [5.41, 5.74) is -2.50. The normalized spacial score (nSPS) is 10.3. The summed E-state index contributed by atoms with van der Waals surface area (Å²) in [6.45, 7) is 26.1. The van der Waals surface area contributed by atoms with Gasteiger partial charge in [0.25, 0.3) is 0 Å². The van der Waals surface area contributed by atoms with Crippen LogP contribution in [0.25, 0.3) is 0 Å². The van der Waals surface area contributed by atoms with Gasteiger partial charge < -0.3 is 31.0 Å². The first-order chi connectivity index (χ1) is 11.4. The summed E-state index contributed by atoms with van der Waals surface area (Å²) < 4.78 is 17.1. The summed E-state index contributed by atoms with van der Waals surface area (Å²) >= 11 is -2.42. The van der Waals surface area contributed by atoms with Crippen molar-refractivity contribution in [3.05, 3.63) is 0 Å². The number of rotatable bonds is 0. The molecule has 0 radical (unpaired) electrons. The standard InChI is InChI=1S/5C4H10O.2Hf.H2O.2O/c5*1-4(2,3)5;;;;;/h5*5H,1-3H3;;;1H2;;. The van der Waals surface area contributed by atoms with E-state index < -0.39 is 50.9 Å². The topological polar surface area (TPSA) is 167 Å². The Morgan fingerprint density at radius 2 is 0.400 bits per heavy atom.